The molecule has 3 aromatic rings. The first-order valence-corrected chi connectivity index (χ1v) is 8.09. The number of nitrogen functional groups attached to an aromatic ring is 2. The highest BCUT2D eigenvalue weighted by Gasteiger charge is 2.15. The molecule has 0 radical (unpaired) electrons. The average molecular weight is 362 g/mol. The van der Waals surface area contributed by atoms with Gasteiger partial charge in [0.1, 0.15) is 11.4 Å². The van der Waals surface area contributed by atoms with Crippen LogP contribution in [0.3, 0.4) is 0 Å². The molecule has 0 aliphatic heterocycles. The number of nitrogens with zero attached hydrogens (tertiary/aromatic N) is 1. The molecule has 0 saturated carbocycles. The maximum Gasteiger partial charge on any atom is 0.341 e. The molecule has 1 amide bonds. The Labute approximate surface area is 156 Å². The molecule has 1 heterocycles. The summed E-state index contributed by atoms with van der Waals surface area (Å²) < 4.78 is 4.71. The molecule has 0 saturated heterocycles. The van der Waals surface area contributed by atoms with Gasteiger partial charge in [0.15, 0.2) is 0 Å². The lowest BCUT2D eigenvalue weighted by molar-refractivity contribution is 0.0601. The van der Waals surface area contributed by atoms with Crippen molar-refractivity contribution in [2.24, 2.45) is 0 Å². The Bertz CT molecular complexity index is 1000. The van der Waals surface area contributed by atoms with E-state index in [1.807, 2.05) is 18.2 Å². The van der Waals surface area contributed by atoms with E-state index in [1.54, 1.807) is 36.4 Å². The van der Waals surface area contributed by atoms with Gasteiger partial charge in [0.25, 0.3) is 5.91 Å². The van der Waals surface area contributed by atoms with Gasteiger partial charge < -0.3 is 21.5 Å². The summed E-state index contributed by atoms with van der Waals surface area (Å²) in [5.74, 6) is -0.848. The molecule has 0 aliphatic rings. The van der Waals surface area contributed by atoms with Gasteiger partial charge in [0, 0.05) is 23.1 Å². The first-order chi connectivity index (χ1) is 13.0. The summed E-state index contributed by atoms with van der Waals surface area (Å²) in [4.78, 5) is 28.5. The third-order valence-corrected chi connectivity index (χ3v) is 3.99. The van der Waals surface area contributed by atoms with Crippen molar-refractivity contribution >= 4 is 29.1 Å². The number of aromatic nitrogens is 1. The lowest BCUT2D eigenvalue weighted by Crippen LogP contribution is -2.14. The summed E-state index contributed by atoms with van der Waals surface area (Å²) in [5.41, 5.74) is 14.5. The number of hydrogen-bond donors (Lipinski definition) is 3. The number of esters is 1. The molecular weight excluding hydrogens is 344 g/mol. The van der Waals surface area contributed by atoms with Crippen molar-refractivity contribution in [1.82, 2.24) is 4.98 Å². The highest BCUT2D eigenvalue weighted by Crippen LogP contribution is 2.26. The van der Waals surface area contributed by atoms with Gasteiger partial charge in [-0.25, -0.2) is 9.78 Å². The summed E-state index contributed by atoms with van der Waals surface area (Å²) in [7, 11) is 1.27. The molecule has 1 aromatic heterocycles. The fourth-order valence-corrected chi connectivity index (χ4v) is 2.56. The number of methoxy groups -OCH3 is 1. The smallest absolute Gasteiger partial charge is 0.341 e. The minimum atomic E-state index is -0.584. The third-order valence-electron chi connectivity index (χ3n) is 3.99. The second-order valence-corrected chi connectivity index (χ2v) is 5.77. The zero-order valence-corrected chi connectivity index (χ0v) is 14.6. The van der Waals surface area contributed by atoms with Crippen LogP contribution in [-0.4, -0.2) is 24.0 Å². The van der Waals surface area contributed by atoms with Crippen molar-refractivity contribution in [2.45, 2.75) is 0 Å². The van der Waals surface area contributed by atoms with E-state index in [1.165, 1.54) is 13.3 Å². The van der Waals surface area contributed by atoms with Crippen LogP contribution in [0.25, 0.3) is 11.1 Å². The molecule has 7 nitrogen and oxygen atoms in total. The number of ether oxygens (including phenoxy) is 1. The van der Waals surface area contributed by atoms with E-state index >= 15 is 0 Å². The standard InChI is InChI=1S/C20H18N4O3/c1-27-20(26)16-10-13(11-23-18(16)22)12-7-8-17(21)15(9-12)19(25)24-14-5-3-2-4-6-14/h2-11H,21H2,1H3,(H2,22,23)(H,24,25). The minimum absolute atomic E-state index is 0.0723. The van der Waals surface area contributed by atoms with Crippen LogP contribution in [0, 0.1) is 0 Å². The van der Waals surface area contributed by atoms with Gasteiger partial charge in [-0.1, -0.05) is 24.3 Å². The van der Waals surface area contributed by atoms with Crippen LogP contribution >= 0.6 is 0 Å². The van der Waals surface area contributed by atoms with E-state index < -0.39 is 5.97 Å². The number of rotatable bonds is 4. The monoisotopic (exact) mass is 362 g/mol. The number of carbonyl (C=O) groups excluding carboxylic acids is 2. The van der Waals surface area contributed by atoms with Crippen molar-refractivity contribution in [3.05, 3.63) is 71.9 Å². The lowest BCUT2D eigenvalue weighted by atomic mass is 10.0. The maximum atomic E-state index is 12.6. The minimum Gasteiger partial charge on any atom is -0.465 e. The third kappa shape index (κ3) is 3.87. The number of pyridine rings is 1. The highest BCUT2D eigenvalue weighted by atomic mass is 16.5. The second kappa shape index (κ2) is 7.57. The fourth-order valence-electron chi connectivity index (χ4n) is 2.56. The van der Waals surface area contributed by atoms with Crippen LogP contribution in [0.4, 0.5) is 17.2 Å². The Hall–Kier alpha value is -3.87. The SMILES string of the molecule is COC(=O)c1cc(-c2ccc(N)c(C(=O)Nc3ccccc3)c2)cnc1N. The Balaban J connectivity index is 1.96. The normalized spacial score (nSPS) is 10.3. The lowest BCUT2D eigenvalue weighted by Gasteiger charge is -2.11. The molecule has 3 rings (SSSR count). The maximum absolute atomic E-state index is 12.6. The van der Waals surface area contributed by atoms with Crippen LogP contribution in [0.5, 0.6) is 0 Å². The van der Waals surface area contributed by atoms with Crippen molar-refractivity contribution in [1.29, 1.82) is 0 Å². The van der Waals surface area contributed by atoms with E-state index in [4.69, 9.17) is 16.2 Å². The van der Waals surface area contributed by atoms with Crippen molar-refractivity contribution in [2.75, 3.05) is 23.9 Å². The van der Waals surface area contributed by atoms with Gasteiger partial charge in [-0.3, -0.25) is 4.79 Å². The summed E-state index contributed by atoms with van der Waals surface area (Å²) >= 11 is 0. The molecule has 0 bridgehead atoms. The number of para-hydroxylation sites is 1. The Morgan fingerprint density at radius 3 is 2.37 bits per heavy atom. The highest BCUT2D eigenvalue weighted by molar-refractivity contribution is 6.08. The zero-order chi connectivity index (χ0) is 19.4. The Morgan fingerprint density at radius 1 is 0.963 bits per heavy atom. The van der Waals surface area contributed by atoms with Crippen molar-refractivity contribution in [3.63, 3.8) is 0 Å². The Morgan fingerprint density at radius 2 is 1.67 bits per heavy atom. The molecule has 0 fully saturated rings. The van der Waals surface area contributed by atoms with Gasteiger partial charge in [0.2, 0.25) is 0 Å². The number of anilines is 3. The van der Waals surface area contributed by atoms with Gasteiger partial charge in [-0.2, -0.15) is 0 Å². The molecule has 7 heteroatoms. The predicted octanol–water partition coefficient (Wildman–Crippen LogP) is 2.95. The largest absolute Gasteiger partial charge is 0.465 e. The molecule has 27 heavy (non-hydrogen) atoms. The van der Waals surface area contributed by atoms with Gasteiger partial charge in [-0.15, -0.1) is 0 Å². The first-order valence-electron chi connectivity index (χ1n) is 8.09. The topological polar surface area (TPSA) is 120 Å². The number of carbonyl (C=O) groups is 2. The van der Waals surface area contributed by atoms with Gasteiger partial charge in [-0.05, 0) is 35.9 Å². The predicted molar refractivity (Wildman–Crippen MR) is 104 cm³/mol. The van der Waals surface area contributed by atoms with Crippen LogP contribution < -0.4 is 16.8 Å². The molecular formula is C20H18N4O3. The molecule has 136 valence electrons. The van der Waals surface area contributed by atoms with Crippen molar-refractivity contribution < 1.29 is 14.3 Å². The van der Waals surface area contributed by atoms with Gasteiger partial charge in [0.05, 0.1) is 12.7 Å². The molecule has 0 spiro atoms. The van der Waals surface area contributed by atoms with Crippen LogP contribution in [-0.2, 0) is 4.74 Å². The number of hydrogen-bond acceptors (Lipinski definition) is 6. The second-order valence-electron chi connectivity index (χ2n) is 5.77. The van der Waals surface area contributed by atoms with E-state index in [0.29, 0.717) is 28.1 Å². The molecule has 5 N–H and O–H groups in total. The quantitative estimate of drug-likeness (QED) is 0.485. The average Bonchev–Trinajstić information content (AvgIpc) is 2.69. The van der Waals surface area contributed by atoms with Crippen LogP contribution in [0.2, 0.25) is 0 Å². The van der Waals surface area contributed by atoms with Crippen LogP contribution in [0.15, 0.2) is 60.8 Å². The Kier molecular flexibility index (Phi) is 5.03. The number of benzene rings is 2. The molecule has 0 unspecified atom stereocenters. The number of amides is 1. The summed E-state index contributed by atoms with van der Waals surface area (Å²) in [6, 6.07) is 15.6. The fraction of sp³-hybridized carbons (Fsp3) is 0.0500. The molecule has 0 atom stereocenters. The summed E-state index contributed by atoms with van der Waals surface area (Å²) in [6.45, 7) is 0. The van der Waals surface area contributed by atoms with Crippen molar-refractivity contribution in [3.8, 4) is 11.1 Å². The van der Waals surface area contributed by atoms with Crippen LogP contribution in [0.1, 0.15) is 20.7 Å². The van der Waals surface area contributed by atoms with E-state index in [9.17, 15) is 9.59 Å². The summed E-state index contributed by atoms with van der Waals surface area (Å²) in [5, 5.41) is 2.80. The first kappa shape index (κ1) is 17.9. The molecule has 2 aromatic carbocycles. The van der Waals surface area contributed by atoms with E-state index in [0.717, 1.165) is 0 Å². The number of nitrogens with one attached hydrogen (secondary N) is 1. The van der Waals surface area contributed by atoms with Gasteiger partial charge >= 0.3 is 5.97 Å². The summed E-state index contributed by atoms with van der Waals surface area (Å²) in [6.07, 6.45) is 1.52. The van der Waals surface area contributed by atoms with E-state index in [-0.39, 0.29) is 17.3 Å². The zero-order valence-electron chi connectivity index (χ0n) is 14.6. The molecule has 0 aliphatic carbocycles. The van der Waals surface area contributed by atoms with E-state index in [2.05, 4.69) is 10.3 Å². The number of nitrogens with two attached hydrogens (primary N) is 2.